The van der Waals surface area contributed by atoms with E-state index in [2.05, 4.69) is 27.7 Å². The Morgan fingerprint density at radius 2 is 1.86 bits per heavy atom. The van der Waals surface area contributed by atoms with Crippen LogP contribution in [0.25, 0.3) is 11.3 Å². The van der Waals surface area contributed by atoms with E-state index in [1.54, 1.807) is 12.3 Å². The molecule has 0 atom stereocenters. The summed E-state index contributed by atoms with van der Waals surface area (Å²) in [6.07, 6.45) is 1.54. The van der Waals surface area contributed by atoms with Crippen molar-refractivity contribution in [3.63, 3.8) is 0 Å². The average Bonchev–Trinajstić information content (AvgIpc) is 2.98. The first kappa shape index (κ1) is 14.6. The summed E-state index contributed by atoms with van der Waals surface area (Å²) in [5, 5.41) is 4.15. The van der Waals surface area contributed by atoms with Gasteiger partial charge in [0.05, 0.1) is 5.69 Å². The minimum absolute atomic E-state index is 0.606. The summed E-state index contributed by atoms with van der Waals surface area (Å²) in [7, 11) is 0. The van der Waals surface area contributed by atoms with Crippen LogP contribution in [0, 0.1) is 3.57 Å². The van der Waals surface area contributed by atoms with Crippen molar-refractivity contribution in [3.05, 3.63) is 64.4 Å². The van der Waals surface area contributed by atoms with Crippen molar-refractivity contribution in [1.29, 1.82) is 0 Å². The van der Waals surface area contributed by atoms with Crippen molar-refractivity contribution in [2.45, 2.75) is 0 Å². The lowest BCUT2D eigenvalue weighted by Crippen LogP contribution is -2.19. The second-order valence-electron chi connectivity index (χ2n) is 4.54. The Morgan fingerprint density at radius 1 is 1.09 bits per heavy atom. The smallest absolute Gasteiger partial charge is 0.339 e. The number of nitrogens with two attached hydrogens (primary N) is 1. The number of aromatic nitrogens is 2. The van der Waals surface area contributed by atoms with Gasteiger partial charge in [0.1, 0.15) is 11.5 Å². The van der Waals surface area contributed by atoms with Gasteiger partial charge in [-0.15, -0.1) is 0 Å². The highest BCUT2D eigenvalue weighted by Crippen LogP contribution is 2.29. The average molecular weight is 401 g/mol. The van der Waals surface area contributed by atoms with Gasteiger partial charge in [-0.1, -0.05) is 18.2 Å². The summed E-state index contributed by atoms with van der Waals surface area (Å²) in [4.78, 5) is 11.1. The number of hydrogen-bond acceptors (Lipinski definition) is 3. The molecule has 0 fully saturated rings. The minimum atomic E-state index is -0.606. The van der Waals surface area contributed by atoms with Gasteiger partial charge in [0.2, 0.25) is 0 Å². The summed E-state index contributed by atoms with van der Waals surface area (Å²) in [6.45, 7) is 0. The summed E-state index contributed by atoms with van der Waals surface area (Å²) in [5.74, 6) is 1.53. The van der Waals surface area contributed by atoms with Crippen LogP contribution in [0.4, 0.5) is 4.79 Å². The first-order valence-electron chi connectivity index (χ1n) is 6.52. The van der Waals surface area contributed by atoms with Gasteiger partial charge in [-0.05, 0) is 59.0 Å². The van der Waals surface area contributed by atoms with Crippen LogP contribution in [0.15, 0.2) is 60.8 Å². The maximum Gasteiger partial charge on any atom is 0.339 e. The molecule has 0 bridgehead atoms. The van der Waals surface area contributed by atoms with Gasteiger partial charge < -0.3 is 10.5 Å². The Morgan fingerprint density at radius 3 is 2.50 bits per heavy atom. The summed E-state index contributed by atoms with van der Waals surface area (Å²) in [6, 6.07) is 16.4. The molecule has 1 heterocycles. The topological polar surface area (TPSA) is 70.1 Å². The van der Waals surface area contributed by atoms with Crippen LogP contribution in [0.3, 0.4) is 0 Å². The molecule has 5 nitrogen and oxygen atoms in total. The maximum atomic E-state index is 11.1. The normalized spacial score (nSPS) is 10.4. The maximum absolute atomic E-state index is 11.1. The predicted molar refractivity (Wildman–Crippen MR) is 91.9 cm³/mol. The number of amides is 1. The lowest BCUT2D eigenvalue weighted by molar-refractivity contribution is 0.248. The van der Waals surface area contributed by atoms with Gasteiger partial charge in [0.15, 0.2) is 0 Å². The van der Waals surface area contributed by atoms with Crippen LogP contribution in [0.2, 0.25) is 0 Å². The van der Waals surface area contributed by atoms with E-state index in [0.29, 0.717) is 5.69 Å². The standard InChI is InChI=1S/C16H12IN3O2/c17-14-10-12(22-11-4-2-1-3-5-11)6-7-13(14)15-8-9-20(19-15)16(18)21/h1-10H,(H2,18,21)/i17-4. The number of halogens is 1. The fourth-order valence-electron chi connectivity index (χ4n) is 1.98. The fraction of sp³-hybridized carbons (Fsp3) is 0. The lowest BCUT2D eigenvalue weighted by Gasteiger charge is -2.08. The minimum Gasteiger partial charge on any atom is -0.457 e. The third kappa shape index (κ3) is 3.11. The van der Waals surface area contributed by atoms with E-state index in [0.717, 1.165) is 25.3 Å². The van der Waals surface area contributed by atoms with Crippen molar-refractivity contribution < 1.29 is 9.53 Å². The molecule has 3 rings (SSSR count). The molecule has 110 valence electrons. The molecule has 0 aliphatic heterocycles. The van der Waals surface area contributed by atoms with E-state index in [4.69, 9.17) is 10.5 Å². The largest absolute Gasteiger partial charge is 0.457 e. The van der Waals surface area contributed by atoms with E-state index >= 15 is 0 Å². The van der Waals surface area contributed by atoms with Crippen LogP contribution in [0.1, 0.15) is 0 Å². The highest BCUT2D eigenvalue weighted by Gasteiger charge is 2.10. The number of carbonyl (C=O) groups is 1. The van der Waals surface area contributed by atoms with Crippen LogP contribution < -0.4 is 10.5 Å². The molecular weight excluding hydrogens is 389 g/mol. The molecular formula is C16H12IN3O2. The second kappa shape index (κ2) is 6.18. The van der Waals surface area contributed by atoms with Crippen molar-refractivity contribution in [2.75, 3.05) is 0 Å². The molecule has 0 unspecified atom stereocenters. The highest BCUT2D eigenvalue weighted by molar-refractivity contribution is 14.1. The summed E-state index contributed by atoms with van der Waals surface area (Å²) >= 11 is 2.21. The molecule has 0 saturated carbocycles. The molecule has 0 radical (unpaired) electrons. The van der Waals surface area contributed by atoms with Crippen molar-refractivity contribution in [1.82, 2.24) is 9.78 Å². The first-order chi connectivity index (χ1) is 10.6. The van der Waals surface area contributed by atoms with E-state index in [1.165, 1.54) is 0 Å². The third-order valence-electron chi connectivity index (χ3n) is 3.01. The molecule has 2 aromatic carbocycles. The molecule has 1 aromatic heterocycles. The van der Waals surface area contributed by atoms with Crippen LogP contribution in [-0.4, -0.2) is 15.8 Å². The van der Waals surface area contributed by atoms with Crippen molar-refractivity contribution in [2.24, 2.45) is 5.73 Å². The Kier molecular flexibility index (Phi) is 4.10. The summed E-state index contributed by atoms with van der Waals surface area (Å²) in [5.41, 5.74) is 6.80. The molecule has 6 heteroatoms. The Hall–Kier alpha value is -2.35. The predicted octanol–water partition coefficient (Wildman–Crippen LogP) is 3.87. The molecule has 0 spiro atoms. The number of carbonyl (C=O) groups excluding carboxylic acids is 1. The van der Waals surface area contributed by atoms with Crippen LogP contribution in [-0.2, 0) is 0 Å². The SMILES string of the molecule is NC(=O)n1ccc(-c2ccc(Oc3ccccc3)cc2[123I])n1. The highest BCUT2D eigenvalue weighted by atomic mass is 123. The second-order valence-corrected chi connectivity index (χ2v) is 5.70. The number of rotatable bonds is 3. The van der Waals surface area contributed by atoms with Gasteiger partial charge in [-0.25, -0.2) is 4.79 Å². The van der Waals surface area contributed by atoms with Crippen LogP contribution >= 0.6 is 22.6 Å². The molecule has 0 aliphatic rings. The lowest BCUT2D eigenvalue weighted by atomic mass is 10.1. The zero-order valence-electron chi connectivity index (χ0n) is 11.4. The number of nitrogens with zero attached hydrogens (tertiary/aromatic N) is 2. The van der Waals surface area contributed by atoms with Crippen LogP contribution in [0.5, 0.6) is 11.5 Å². The van der Waals surface area contributed by atoms with Crippen molar-refractivity contribution >= 4 is 28.6 Å². The zero-order chi connectivity index (χ0) is 15.5. The van der Waals surface area contributed by atoms with E-state index < -0.39 is 6.03 Å². The Bertz CT molecular complexity index is 815. The van der Waals surface area contributed by atoms with Gasteiger partial charge in [0.25, 0.3) is 0 Å². The van der Waals surface area contributed by atoms with Gasteiger partial charge in [0, 0.05) is 15.3 Å². The quantitative estimate of drug-likeness (QED) is 0.678. The van der Waals surface area contributed by atoms with Gasteiger partial charge in [-0.2, -0.15) is 9.78 Å². The fourth-order valence-corrected chi connectivity index (χ4v) is 2.75. The first-order valence-corrected chi connectivity index (χ1v) is 7.59. The molecule has 22 heavy (non-hydrogen) atoms. The van der Waals surface area contributed by atoms with E-state index in [-0.39, 0.29) is 0 Å². The van der Waals surface area contributed by atoms with Gasteiger partial charge >= 0.3 is 6.03 Å². The number of para-hydroxylation sites is 1. The molecule has 0 saturated heterocycles. The summed E-state index contributed by atoms with van der Waals surface area (Å²) < 4.78 is 7.87. The number of hydrogen-bond donors (Lipinski definition) is 1. The van der Waals surface area contributed by atoms with Crippen molar-refractivity contribution in [3.8, 4) is 22.8 Å². The third-order valence-corrected chi connectivity index (χ3v) is 3.90. The monoisotopic (exact) mass is 401 g/mol. The molecule has 3 aromatic rings. The van der Waals surface area contributed by atoms with Gasteiger partial charge in [-0.3, -0.25) is 0 Å². The molecule has 1 amide bonds. The Labute approximate surface area is 140 Å². The number of ether oxygens (including phenoxy) is 1. The van der Waals surface area contributed by atoms with E-state index in [9.17, 15) is 4.79 Å². The number of benzene rings is 2. The van der Waals surface area contributed by atoms with E-state index in [1.807, 2.05) is 48.5 Å². The zero-order valence-corrected chi connectivity index (χ0v) is 13.6. The molecule has 0 aliphatic carbocycles. The number of primary amides is 1. The molecule has 2 N–H and O–H groups in total. The Balaban J connectivity index is 1.87.